The second-order valence-electron chi connectivity index (χ2n) is 4.06. The van der Waals surface area contributed by atoms with Gasteiger partial charge >= 0.3 is 0 Å². The lowest BCUT2D eigenvalue weighted by atomic mass is 9.95. The predicted octanol–water partition coefficient (Wildman–Crippen LogP) is 3.72. The summed E-state index contributed by atoms with van der Waals surface area (Å²) in [6, 6.07) is 6.81. The molecule has 1 aliphatic carbocycles. The molecule has 1 unspecified atom stereocenters. The first-order valence-electron chi connectivity index (χ1n) is 5.32. The molecule has 75 valence electrons. The van der Waals surface area contributed by atoms with Crippen molar-refractivity contribution in [2.24, 2.45) is 0 Å². The van der Waals surface area contributed by atoms with Gasteiger partial charge in [0.25, 0.3) is 0 Å². The quantitative estimate of drug-likeness (QED) is 0.663. The van der Waals surface area contributed by atoms with Crippen molar-refractivity contribution in [1.29, 1.82) is 0 Å². The van der Waals surface area contributed by atoms with Crippen molar-refractivity contribution in [3.05, 3.63) is 41.8 Å². The van der Waals surface area contributed by atoms with Crippen molar-refractivity contribution in [2.45, 2.75) is 31.6 Å². The first kappa shape index (κ1) is 10.0. The molecule has 0 fully saturated rings. The van der Waals surface area contributed by atoms with E-state index in [-0.39, 0.29) is 0 Å². The van der Waals surface area contributed by atoms with Gasteiger partial charge in [0.05, 0.1) is 0 Å². The van der Waals surface area contributed by atoms with Gasteiger partial charge in [0, 0.05) is 5.88 Å². The van der Waals surface area contributed by atoms with Crippen molar-refractivity contribution in [1.82, 2.24) is 0 Å². The topological polar surface area (TPSA) is 0 Å². The average Bonchev–Trinajstić information content (AvgIpc) is 2.64. The molecule has 1 aliphatic rings. The second kappa shape index (κ2) is 4.35. The van der Waals surface area contributed by atoms with E-state index in [4.69, 9.17) is 11.6 Å². The Hall–Kier alpha value is -0.490. The monoisotopic (exact) mass is 207 g/mol. The summed E-state index contributed by atoms with van der Waals surface area (Å²) in [6.45, 7) is 4.14. The Bertz CT molecular complexity index is 317. The molecule has 0 spiro atoms. The van der Waals surface area contributed by atoms with Crippen LogP contribution in [-0.4, -0.2) is 5.88 Å². The molecule has 0 saturated carbocycles. The molecular weight excluding hydrogens is 192 g/mol. The fourth-order valence-electron chi connectivity index (χ4n) is 2.14. The minimum Gasteiger partial charge on any atom is -0.127 e. The fraction of sp³-hybridized carbons (Fsp3) is 0.462. The predicted molar refractivity (Wildman–Crippen MR) is 61.9 cm³/mol. The lowest BCUT2D eigenvalue weighted by Crippen LogP contribution is -1.96. The number of fused-ring (bicyclic) bond motifs is 1. The molecule has 14 heavy (non-hydrogen) atoms. The molecule has 0 nitrogen and oxygen atoms in total. The summed E-state index contributed by atoms with van der Waals surface area (Å²) in [5, 5.41) is 0. The summed E-state index contributed by atoms with van der Waals surface area (Å²) in [6.07, 6.45) is 4.79. The first-order valence-corrected chi connectivity index (χ1v) is 5.85. The standard InChI is InChI=1S/C13H16Cl/c1-10(7-8-14)12-6-5-11-3-2-4-13(11)9-12/h5-6,9-10H,1-4,7-8H2. The molecule has 1 atom stereocenters. The van der Waals surface area contributed by atoms with E-state index in [1.807, 2.05) is 0 Å². The Kier molecular flexibility index (Phi) is 3.12. The van der Waals surface area contributed by atoms with E-state index in [0.29, 0.717) is 11.8 Å². The zero-order valence-corrected chi connectivity index (χ0v) is 9.19. The lowest BCUT2D eigenvalue weighted by Gasteiger charge is -2.11. The van der Waals surface area contributed by atoms with Gasteiger partial charge in [-0.25, -0.2) is 0 Å². The lowest BCUT2D eigenvalue weighted by molar-refractivity contribution is 0.805. The molecule has 0 aromatic heterocycles. The molecule has 0 N–H and O–H groups in total. The summed E-state index contributed by atoms with van der Waals surface area (Å²) < 4.78 is 0. The maximum absolute atomic E-state index is 5.72. The Balaban J connectivity index is 2.19. The van der Waals surface area contributed by atoms with Crippen LogP contribution in [0.25, 0.3) is 0 Å². The average molecular weight is 208 g/mol. The maximum atomic E-state index is 5.72. The van der Waals surface area contributed by atoms with Gasteiger partial charge in [-0.1, -0.05) is 18.2 Å². The molecule has 1 heteroatoms. The van der Waals surface area contributed by atoms with Crippen molar-refractivity contribution in [3.8, 4) is 0 Å². The highest BCUT2D eigenvalue weighted by Gasteiger charge is 2.12. The summed E-state index contributed by atoms with van der Waals surface area (Å²) >= 11 is 5.72. The van der Waals surface area contributed by atoms with E-state index in [9.17, 15) is 0 Å². The molecule has 0 saturated heterocycles. The van der Waals surface area contributed by atoms with Gasteiger partial charge in [-0.2, -0.15) is 0 Å². The van der Waals surface area contributed by atoms with Crippen molar-refractivity contribution < 1.29 is 0 Å². The minimum atomic E-state index is 0.360. The summed E-state index contributed by atoms with van der Waals surface area (Å²) in [5.74, 6) is 1.06. The SMILES string of the molecule is [CH2]C(CCCl)c1ccc2c(c1)CCC2. The van der Waals surface area contributed by atoms with Crippen LogP contribution in [0.15, 0.2) is 18.2 Å². The molecule has 1 aromatic rings. The van der Waals surface area contributed by atoms with Crippen molar-refractivity contribution in [3.63, 3.8) is 0 Å². The Morgan fingerprint density at radius 3 is 2.86 bits per heavy atom. The van der Waals surface area contributed by atoms with Gasteiger partial charge in [0.15, 0.2) is 0 Å². The number of halogens is 1. The molecule has 1 radical (unpaired) electrons. The van der Waals surface area contributed by atoms with Crippen LogP contribution in [0, 0.1) is 6.92 Å². The highest BCUT2D eigenvalue weighted by molar-refractivity contribution is 6.17. The number of benzene rings is 1. The van der Waals surface area contributed by atoms with E-state index in [1.165, 1.54) is 36.0 Å². The molecule has 1 aromatic carbocycles. The van der Waals surface area contributed by atoms with E-state index in [0.717, 1.165) is 6.42 Å². The molecule has 0 aliphatic heterocycles. The van der Waals surface area contributed by atoms with E-state index < -0.39 is 0 Å². The van der Waals surface area contributed by atoms with Crippen LogP contribution in [-0.2, 0) is 12.8 Å². The number of alkyl halides is 1. The molecule has 2 rings (SSSR count). The van der Waals surface area contributed by atoms with Crippen molar-refractivity contribution >= 4 is 11.6 Å². The van der Waals surface area contributed by atoms with Gasteiger partial charge in [-0.05, 0) is 55.2 Å². The minimum absolute atomic E-state index is 0.360. The van der Waals surface area contributed by atoms with E-state index >= 15 is 0 Å². The molecule has 0 amide bonds. The van der Waals surface area contributed by atoms with Gasteiger partial charge in [-0.15, -0.1) is 11.6 Å². The largest absolute Gasteiger partial charge is 0.127 e. The Morgan fingerprint density at radius 1 is 1.29 bits per heavy atom. The van der Waals surface area contributed by atoms with Crippen LogP contribution < -0.4 is 0 Å². The van der Waals surface area contributed by atoms with Crippen LogP contribution in [0.2, 0.25) is 0 Å². The number of hydrogen-bond acceptors (Lipinski definition) is 0. The smallest absolute Gasteiger partial charge is 0.0229 e. The molecule has 0 heterocycles. The third-order valence-corrected chi connectivity index (χ3v) is 3.27. The van der Waals surface area contributed by atoms with Gasteiger partial charge in [-0.3, -0.25) is 0 Å². The van der Waals surface area contributed by atoms with E-state index in [1.54, 1.807) is 0 Å². The van der Waals surface area contributed by atoms with Crippen LogP contribution in [0.3, 0.4) is 0 Å². The van der Waals surface area contributed by atoms with Crippen LogP contribution in [0.1, 0.15) is 35.4 Å². The maximum Gasteiger partial charge on any atom is 0.0229 e. The molecular formula is C13H16Cl. The zero-order chi connectivity index (χ0) is 9.97. The summed E-state index contributed by atoms with van der Waals surface area (Å²) in [4.78, 5) is 0. The third-order valence-electron chi connectivity index (χ3n) is 3.05. The van der Waals surface area contributed by atoms with Crippen LogP contribution >= 0.6 is 11.6 Å². The number of rotatable bonds is 3. The zero-order valence-electron chi connectivity index (χ0n) is 8.43. The Morgan fingerprint density at radius 2 is 2.07 bits per heavy atom. The summed E-state index contributed by atoms with van der Waals surface area (Å²) in [5.41, 5.74) is 4.42. The highest BCUT2D eigenvalue weighted by atomic mass is 35.5. The fourth-order valence-corrected chi connectivity index (χ4v) is 2.41. The Labute approximate surface area is 91.3 Å². The number of hydrogen-bond donors (Lipinski definition) is 0. The first-order chi connectivity index (χ1) is 6.81. The third kappa shape index (κ3) is 1.95. The van der Waals surface area contributed by atoms with Gasteiger partial charge in [0.1, 0.15) is 0 Å². The van der Waals surface area contributed by atoms with Crippen LogP contribution in [0.4, 0.5) is 0 Å². The van der Waals surface area contributed by atoms with E-state index in [2.05, 4.69) is 25.1 Å². The van der Waals surface area contributed by atoms with Gasteiger partial charge < -0.3 is 0 Å². The number of aryl methyl sites for hydroxylation is 2. The van der Waals surface area contributed by atoms with Crippen molar-refractivity contribution in [2.75, 3.05) is 5.88 Å². The normalized spacial score (nSPS) is 16.7. The summed E-state index contributed by atoms with van der Waals surface area (Å²) in [7, 11) is 0. The highest BCUT2D eigenvalue weighted by Crippen LogP contribution is 2.27. The van der Waals surface area contributed by atoms with Crippen LogP contribution in [0.5, 0.6) is 0 Å². The second-order valence-corrected chi connectivity index (χ2v) is 4.43. The van der Waals surface area contributed by atoms with Gasteiger partial charge in [0.2, 0.25) is 0 Å². The molecule has 0 bridgehead atoms.